The van der Waals surface area contributed by atoms with Crippen LogP contribution in [0.3, 0.4) is 0 Å². The Morgan fingerprint density at radius 3 is 1.03 bits per heavy atom. The van der Waals surface area contributed by atoms with Crippen molar-refractivity contribution in [2.75, 3.05) is 0 Å². The van der Waals surface area contributed by atoms with Crippen molar-refractivity contribution in [3.63, 3.8) is 0 Å². The SMILES string of the molecule is N[C@H](Cc1cnc[nH]1)C(=O)O.N[C@H](Cc1cnc[nH]1)C(=O)O.N[C@H](Cc1cnc[nH]1)C(=O)O.[Tb]. The molecule has 34 heavy (non-hydrogen) atoms. The number of aromatic amines is 3. The van der Waals surface area contributed by atoms with E-state index in [1.165, 1.54) is 19.0 Å². The maximum absolute atomic E-state index is 10.3. The fourth-order valence-corrected chi connectivity index (χ4v) is 2.16. The van der Waals surface area contributed by atoms with Crippen LogP contribution in [-0.2, 0) is 33.6 Å². The van der Waals surface area contributed by atoms with E-state index in [9.17, 15) is 14.4 Å². The zero-order chi connectivity index (χ0) is 24.8. The molecule has 0 amide bonds. The van der Waals surface area contributed by atoms with E-state index < -0.39 is 36.0 Å². The van der Waals surface area contributed by atoms with Crippen LogP contribution < -0.4 is 17.2 Å². The molecule has 189 valence electrons. The quantitative estimate of drug-likeness (QED) is 0.126. The van der Waals surface area contributed by atoms with E-state index in [0.717, 1.165) is 17.1 Å². The molecule has 0 aliphatic carbocycles. The predicted molar refractivity (Wildman–Crippen MR) is 114 cm³/mol. The van der Waals surface area contributed by atoms with Crippen LogP contribution in [0.5, 0.6) is 0 Å². The molecule has 0 fully saturated rings. The summed E-state index contributed by atoms with van der Waals surface area (Å²) >= 11 is 0. The second-order valence-electron chi connectivity index (χ2n) is 6.68. The Bertz CT molecular complexity index is 827. The molecular formula is C18H27N9O6Tb. The zero-order valence-electron chi connectivity index (χ0n) is 17.8. The van der Waals surface area contributed by atoms with Gasteiger partial charge in [0.25, 0.3) is 0 Å². The number of hydrogen-bond donors (Lipinski definition) is 9. The Morgan fingerprint density at radius 1 is 0.647 bits per heavy atom. The number of carboxylic acid groups (broad SMARTS) is 3. The van der Waals surface area contributed by atoms with Crippen molar-refractivity contribution < 1.29 is 68.3 Å². The summed E-state index contributed by atoms with van der Waals surface area (Å²) in [4.78, 5) is 50.3. The molecule has 3 aromatic rings. The molecule has 0 aliphatic rings. The van der Waals surface area contributed by atoms with Crippen molar-refractivity contribution in [1.82, 2.24) is 29.9 Å². The number of aliphatic carboxylic acids is 3. The van der Waals surface area contributed by atoms with Crippen molar-refractivity contribution in [1.29, 1.82) is 0 Å². The van der Waals surface area contributed by atoms with Crippen molar-refractivity contribution in [2.24, 2.45) is 17.2 Å². The number of carboxylic acids is 3. The minimum Gasteiger partial charge on any atom is -0.480 e. The molecule has 0 saturated carbocycles. The first-order valence-electron chi connectivity index (χ1n) is 9.47. The summed E-state index contributed by atoms with van der Waals surface area (Å²) < 4.78 is 0. The van der Waals surface area contributed by atoms with Crippen molar-refractivity contribution in [2.45, 2.75) is 37.4 Å². The van der Waals surface area contributed by atoms with Gasteiger partial charge in [-0.1, -0.05) is 0 Å². The number of H-pyrrole nitrogens is 3. The predicted octanol–water partition coefficient (Wildman–Crippen LogP) is -1.91. The fourth-order valence-electron chi connectivity index (χ4n) is 2.16. The van der Waals surface area contributed by atoms with Crippen LogP contribution in [-0.4, -0.2) is 81.3 Å². The molecule has 0 unspecified atom stereocenters. The summed E-state index contributed by atoms with van der Waals surface area (Å²) in [6.07, 6.45) is 10.0. The maximum Gasteiger partial charge on any atom is 0.320 e. The van der Waals surface area contributed by atoms with E-state index in [1.807, 2.05) is 0 Å². The van der Waals surface area contributed by atoms with Crippen LogP contribution in [0.15, 0.2) is 37.6 Å². The van der Waals surface area contributed by atoms with Gasteiger partial charge in [-0.15, -0.1) is 0 Å². The van der Waals surface area contributed by atoms with Gasteiger partial charge >= 0.3 is 17.9 Å². The number of hydrogen-bond acceptors (Lipinski definition) is 9. The minimum absolute atomic E-state index is 0. The molecule has 3 heterocycles. The first kappa shape index (κ1) is 31.2. The van der Waals surface area contributed by atoms with Gasteiger partial charge in [0.05, 0.1) is 19.0 Å². The van der Waals surface area contributed by atoms with E-state index >= 15 is 0 Å². The van der Waals surface area contributed by atoms with E-state index in [1.54, 1.807) is 18.6 Å². The molecule has 3 atom stereocenters. The summed E-state index contributed by atoms with van der Waals surface area (Å²) in [6.45, 7) is 0. The third kappa shape index (κ3) is 13.0. The molecule has 3 rings (SSSR count). The number of aromatic nitrogens is 6. The molecule has 15 nitrogen and oxygen atoms in total. The second-order valence-corrected chi connectivity index (χ2v) is 6.68. The zero-order valence-corrected chi connectivity index (χ0v) is 19.9. The van der Waals surface area contributed by atoms with Gasteiger partial charge in [0, 0.05) is 93.5 Å². The van der Waals surface area contributed by atoms with Gasteiger partial charge in [-0.05, 0) is 0 Å². The van der Waals surface area contributed by atoms with Crippen LogP contribution in [0.2, 0.25) is 0 Å². The number of imidazole rings is 3. The average Bonchev–Trinajstić information content (AvgIpc) is 3.53. The molecule has 0 saturated heterocycles. The van der Waals surface area contributed by atoms with Gasteiger partial charge in [-0.25, -0.2) is 15.0 Å². The van der Waals surface area contributed by atoms with Gasteiger partial charge in [0.1, 0.15) is 18.1 Å². The van der Waals surface area contributed by atoms with Crippen LogP contribution in [0, 0.1) is 38.6 Å². The normalized spacial score (nSPS) is 12.4. The van der Waals surface area contributed by atoms with E-state index in [2.05, 4.69) is 29.9 Å². The van der Waals surface area contributed by atoms with Crippen LogP contribution in [0.4, 0.5) is 0 Å². The first-order chi connectivity index (χ1) is 15.6. The van der Waals surface area contributed by atoms with Gasteiger partial charge in [0.2, 0.25) is 0 Å². The summed E-state index contributed by atoms with van der Waals surface area (Å²) in [5, 5.41) is 25.3. The molecule has 0 spiro atoms. The molecular weight excluding hydrogens is 597 g/mol. The Hall–Kier alpha value is -2.79. The van der Waals surface area contributed by atoms with E-state index in [0.29, 0.717) is 0 Å². The van der Waals surface area contributed by atoms with E-state index in [4.69, 9.17) is 32.5 Å². The summed E-state index contributed by atoms with van der Waals surface area (Å²) in [5.41, 5.74) is 18.0. The number of nitrogens with one attached hydrogen (secondary N) is 3. The minimum atomic E-state index is -1.00. The Morgan fingerprint density at radius 2 is 0.882 bits per heavy atom. The van der Waals surface area contributed by atoms with Gasteiger partial charge < -0.3 is 47.5 Å². The molecule has 12 N–H and O–H groups in total. The van der Waals surface area contributed by atoms with Crippen LogP contribution >= 0.6 is 0 Å². The van der Waals surface area contributed by atoms with Crippen LogP contribution in [0.25, 0.3) is 0 Å². The number of nitrogens with two attached hydrogens (primary N) is 3. The number of carbonyl (C=O) groups is 3. The third-order valence-electron chi connectivity index (χ3n) is 3.94. The van der Waals surface area contributed by atoms with E-state index in [-0.39, 0.29) is 57.9 Å². The average molecular weight is 624 g/mol. The molecule has 3 aromatic heterocycles. The van der Waals surface area contributed by atoms with Crippen molar-refractivity contribution >= 4 is 17.9 Å². The monoisotopic (exact) mass is 624 g/mol. The Kier molecular flexibility index (Phi) is 15.4. The van der Waals surface area contributed by atoms with Crippen molar-refractivity contribution in [3.05, 3.63) is 54.7 Å². The standard InChI is InChI=1S/3C6H9N3O2.Tb/c3*7-5(6(10)11)1-4-2-8-3-9-4;/h3*2-3,5H,1,7H2,(H,8,9)(H,10,11);/t3*5-;/m111./s1. The molecule has 1 radical (unpaired) electrons. The molecule has 0 bridgehead atoms. The van der Waals surface area contributed by atoms with Gasteiger partial charge in [-0.2, -0.15) is 0 Å². The Balaban J connectivity index is 0.000000473. The fraction of sp³-hybridized carbons (Fsp3) is 0.333. The maximum atomic E-state index is 10.3. The molecule has 16 heteroatoms. The summed E-state index contributed by atoms with van der Waals surface area (Å²) in [7, 11) is 0. The smallest absolute Gasteiger partial charge is 0.320 e. The first-order valence-corrected chi connectivity index (χ1v) is 9.47. The summed E-state index contributed by atoms with van der Waals surface area (Å²) in [5.74, 6) is -3.00. The topological polar surface area (TPSA) is 276 Å². The van der Waals surface area contributed by atoms with Gasteiger partial charge in [0.15, 0.2) is 0 Å². The second kappa shape index (κ2) is 16.8. The third-order valence-corrected chi connectivity index (χ3v) is 3.94. The molecule has 0 aromatic carbocycles. The van der Waals surface area contributed by atoms with Crippen molar-refractivity contribution in [3.8, 4) is 0 Å². The summed E-state index contributed by atoms with van der Waals surface area (Å²) in [6, 6.07) is -2.55. The van der Waals surface area contributed by atoms with Crippen LogP contribution in [0.1, 0.15) is 17.1 Å². The largest absolute Gasteiger partial charge is 0.480 e. The molecule has 0 aliphatic heterocycles. The van der Waals surface area contributed by atoms with Gasteiger partial charge in [-0.3, -0.25) is 14.4 Å². The number of nitrogens with zero attached hydrogens (tertiary/aromatic N) is 3. The Labute approximate surface area is 224 Å². The number of rotatable bonds is 9.